The van der Waals surface area contributed by atoms with Crippen LogP contribution in [0.25, 0.3) is 0 Å². The Balaban J connectivity index is 2.07. The minimum atomic E-state index is -0.421. The van der Waals surface area contributed by atoms with E-state index in [-0.39, 0.29) is 12.0 Å². The second kappa shape index (κ2) is 5.44. The monoisotopic (exact) mass is 267 g/mol. The van der Waals surface area contributed by atoms with Crippen LogP contribution in [0.4, 0.5) is 0 Å². The summed E-state index contributed by atoms with van der Waals surface area (Å²) in [6.07, 6.45) is 0.679. The molecule has 1 fully saturated rings. The molecule has 1 aliphatic rings. The summed E-state index contributed by atoms with van der Waals surface area (Å²) >= 11 is 0. The van der Waals surface area contributed by atoms with Crippen LogP contribution < -0.4 is 0 Å². The first-order valence-electron chi connectivity index (χ1n) is 6.07. The highest BCUT2D eigenvalue weighted by atomic mass is 16.5. The summed E-state index contributed by atoms with van der Waals surface area (Å²) in [5, 5.41) is 0. The third kappa shape index (κ3) is 2.78. The number of carbonyl (C=O) groups is 2. The maximum atomic E-state index is 11.5. The Morgan fingerprint density at radius 3 is 2.89 bits per heavy atom. The summed E-state index contributed by atoms with van der Waals surface area (Å²) in [6.45, 7) is 2.61. The highest BCUT2D eigenvalue weighted by Crippen LogP contribution is 2.20. The van der Waals surface area contributed by atoms with Crippen molar-refractivity contribution >= 4 is 11.9 Å². The number of nitrogens with zero attached hydrogens (tertiary/aromatic N) is 1. The fourth-order valence-electron chi connectivity index (χ4n) is 2.18. The van der Waals surface area contributed by atoms with Crippen molar-refractivity contribution in [2.75, 3.05) is 20.8 Å². The van der Waals surface area contributed by atoms with Gasteiger partial charge in [0.2, 0.25) is 0 Å². The highest BCUT2D eigenvalue weighted by molar-refractivity contribution is 5.90. The number of aryl methyl sites for hydroxylation is 1. The van der Waals surface area contributed by atoms with E-state index in [1.165, 1.54) is 7.11 Å². The van der Waals surface area contributed by atoms with Gasteiger partial charge in [-0.15, -0.1) is 0 Å². The van der Waals surface area contributed by atoms with Crippen molar-refractivity contribution in [3.63, 3.8) is 0 Å². The quantitative estimate of drug-likeness (QED) is 0.761. The molecule has 0 N–H and O–H groups in total. The zero-order chi connectivity index (χ0) is 14.0. The van der Waals surface area contributed by atoms with Gasteiger partial charge in [0.05, 0.1) is 20.3 Å². The van der Waals surface area contributed by atoms with Gasteiger partial charge in [-0.2, -0.15) is 0 Å². The van der Waals surface area contributed by atoms with Crippen LogP contribution in [0.2, 0.25) is 0 Å². The number of esters is 2. The number of hydrogen-bond acceptors (Lipinski definition) is 6. The molecule has 0 spiro atoms. The van der Waals surface area contributed by atoms with Crippen LogP contribution in [0.5, 0.6) is 0 Å². The number of methoxy groups -OCH3 is 1. The Morgan fingerprint density at radius 1 is 1.58 bits per heavy atom. The molecule has 1 aromatic rings. The number of ether oxygens (including phenoxy) is 2. The van der Waals surface area contributed by atoms with E-state index in [1.807, 2.05) is 11.9 Å². The molecule has 0 radical (unpaired) electrons. The molecule has 0 aliphatic carbocycles. The van der Waals surface area contributed by atoms with Crippen molar-refractivity contribution in [1.29, 1.82) is 0 Å². The van der Waals surface area contributed by atoms with Crippen LogP contribution in [0.1, 0.15) is 28.3 Å². The lowest BCUT2D eigenvalue weighted by Gasteiger charge is -2.19. The van der Waals surface area contributed by atoms with Gasteiger partial charge in [0, 0.05) is 6.42 Å². The summed E-state index contributed by atoms with van der Waals surface area (Å²) in [5.74, 6) is 0.513. The third-order valence-electron chi connectivity index (χ3n) is 3.22. The number of furan rings is 1. The van der Waals surface area contributed by atoms with Crippen LogP contribution in [-0.2, 0) is 20.8 Å². The first kappa shape index (κ1) is 13.6. The summed E-state index contributed by atoms with van der Waals surface area (Å²) < 4.78 is 15.1. The maximum Gasteiger partial charge on any atom is 0.341 e. The topological polar surface area (TPSA) is 69.0 Å². The molecule has 2 heterocycles. The van der Waals surface area contributed by atoms with Crippen LogP contribution in [0.3, 0.4) is 0 Å². The van der Waals surface area contributed by atoms with Gasteiger partial charge >= 0.3 is 11.9 Å². The molecule has 6 heteroatoms. The van der Waals surface area contributed by atoms with Gasteiger partial charge < -0.3 is 13.9 Å². The molecule has 1 saturated heterocycles. The lowest BCUT2D eigenvalue weighted by atomic mass is 10.2. The van der Waals surface area contributed by atoms with Crippen molar-refractivity contribution in [2.24, 2.45) is 0 Å². The first-order chi connectivity index (χ1) is 9.02. The van der Waals surface area contributed by atoms with E-state index in [0.717, 1.165) is 0 Å². The SMILES string of the molecule is COC(=O)c1cc(CN(C)C2CCOC2=O)oc1C. The molecular weight excluding hydrogens is 250 g/mol. The van der Waals surface area contributed by atoms with Crippen molar-refractivity contribution < 1.29 is 23.5 Å². The minimum absolute atomic E-state index is 0.209. The van der Waals surface area contributed by atoms with Crippen LogP contribution in [0.15, 0.2) is 10.5 Å². The van der Waals surface area contributed by atoms with Gasteiger partial charge in [0.15, 0.2) is 0 Å². The van der Waals surface area contributed by atoms with Crippen molar-refractivity contribution in [3.8, 4) is 0 Å². The molecular formula is C13H17NO5. The first-order valence-corrected chi connectivity index (χ1v) is 6.07. The zero-order valence-corrected chi connectivity index (χ0v) is 11.3. The zero-order valence-electron chi connectivity index (χ0n) is 11.3. The van der Waals surface area contributed by atoms with E-state index in [2.05, 4.69) is 4.74 Å². The van der Waals surface area contributed by atoms with Gasteiger partial charge in [0.25, 0.3) is 0 Å². The second-order valence-electron chi connectivity index (χ2n) is 4.56. The third-order valence-corrected chi connectivity index (χ3v) is 3.22. The smallest absolute Gasteiger partial charge is 0.341 e. The molecule has 1 atom stereocenters. The molecule has 0 aromatic carbocycles. The highest BCUT2D eigenvalue weighted by Gasteiger charge is 2.30. The van der Waals surface area contributed by atoms with E-state index >= 15 is 0 Å². The van der Waals surface area contributed by atoms with Crippen LogP contribution in [-0.4, -0.2) is 43.6 Å². The molecule has 1 aliphatic heterocycles. The van der Waals surface area contributed by atoms with E-state index in [0.29, 0.717) is 36.7 Å². The molecule has 0 amide bonds. The number of rotatable bonds is 4. The Bertz CT molecular complexity index is 493. The maximum absolute atomic E-state index is 11.5. The number of cyclic esters (lactones) is 1. The molecule has 19 heavy (non-hydrogen) atoms. The molecule has 104 valence electrons. The minimum Gasteiger partial charge on any atom is -0.465 e. The Labute approximate surface area is 111 Å². The standard InChI is InChI=1S/C13H17NO5/c1-8-10(12(15)17-3)6-9(19-8)7-14(2)11-4-5-18-13(11)16/h6,11H,4-5,7H2,1-3H3. The van der Waals surface area contributed by atoms with Gasteiger partial charge in [-0.25, -0.2) is 4.79 Å². The molecule has 0 bridgehead atoms. The molecule has 6 nitrogen and oxygen atoms in total. The van der Waals surface area contributed by atoms with Crippen molar-refractivity contribution in [1.82, 2.24) is 4.90 Å². The lowest BCUT2D eigenvalue weighted by Crippen LogP contribution is -2.34. The average molecular weight is 267 g/mol. The van der Waals surface area contributed by atoms with E-state index in [9.17, 15) is 9.59 Å². The average Bonchev–Trinajstić information content (AvgIpc) is 2.94. The molecule has 0 saturated carbocycles. The number of carbonyl (C=O) groups excluding carboxylic acids is 2. The van der Waals surface area contributed by atoms with E-state index < -0.39 is 5.97 Å². The Hall–Kier alpha value is -1.82. The Morgan fingerprint density at radius 2 is 2.32 bits per heavy atom. The number of likely N-dealkylation sites (N-methyl/N-ethyl adjacent to an activating group) is 1. The predicted molar refractivity (Wildman–Crippen MR) is 65.6 cm³/mol. The summed E-state index contributed by atoms with van der Waals surface area (Å²) in [5.41, 5.74) is 0.417. The van der Waals surface area contributed by atoms with Gasteiger partial charge in [-0.05, 0) is 20.0 Å². The van der Waals surface area contributed by atoms with E-state index in [1.54, 1.807) is 13.0 Å². The lowest BCUT2D eigenvalue weighted by molar-refractivity contribution is -0.142. The van der Waals surface area contributed by atoms with Gasteiger partial charge in [-0.1, -0.05) is 0 Å². The second-order valence-corrected chi connectivity index (χ2v) is 4.56. The van der Waals surface area contributed by atoms with Gasteiger partial charge in [-0.3, -0.25) is 9.69 Å². The fraction of sp³-hybridized carbons (Fsp3) is 0.538. The van der Waals surface area contributed by atoms with Crippen LogP contribution in [0, 0.1) is 6.92 Å². The Kier molecular flexibility index (Phi) is 3.90. The predicted octanol–water partition coefficient (Wildman–Crippen LogP) is 1.12. The van der Waals surface area contributed by atoms with Gasteiger partial charge in [0.1, 0.15) is 23.1 Å². The number of hydrogen-bond donors (Lipinski definition) is 0. The van der Waals surface area contributed by atoms with Crippen LogP contribution >= 0.6 is 0 Å². The van der Waals surface area contributed by atoms with Crippen molar-refractivity contribution in [3.05, 3.63) is 23.2 Å². The summed E-state index contributed by atoms with van der Waals surface area (Å²) in [6, 6.07) is 1.41. The normalized spacial score (nSPS) is 18.7. The fourth-order valence-corrected chi connectivity index (χ4v) is 2.18. The molecule has 2 rings (SSSR count). The van der Waals surface area contributed by atoms with E-state index in [4.69, 9.17) is 9.15 Å². The van der Waals surface area contributed by atoms with Crippen molar-refractivity contribution in [2.45, 2.75) is 25.9 Å². The summed E-state index contributed by atoms with van der Waals surface area (Å²) in [7, 11) is 3.15. The summed E-state index contributed by atoms with van der Waals surface area (Å²) in [4.78, 5) is 24.8. The molecule has 1 unspecified atom stereocenters. The largest absolute Gasteiger partial charge is 0.465 e. The molecule has 1 aromatic heterocycles.